The number of ketones is 1. The van der Waals surface area contributed by atoms with E-state index < -0.39 is 6.10 Å². The van der Waals surface area contributed by atoms with Crippen LogP contribution in [0.1, 0.15) is 106 Å². The van der Waals surface area contributed by atoms with Crippen LogP contribution in [0.4, 0.5) is 0 Å². The van der Waals surface area contributed by atoms with Crippen LogP contribution < -0.4 is 0 Å². The van der Waals surface area contributed by atoms with Crippen LogP contribution in [0.3, 0.4) is 0 Å². The predicted molar refractivity (Wildman–Crippen MR) is 129 cm³/mol. The van der Waals surface area contributed by atoms with E-state index >= 15 is 0 Å². The molecule has 3 fully saturated rings. The maximum Gasteiger partial charge on any atom is 0.155 e. The molecule has 4 rings (SSSR count). The summed E-state index contributed by atoms with van der Waals surface area (Å²) in [6.45, 7) is 14.7. The summed E-state index contributed by atoms with van der Waals surface area (Å²) >= 11 is 0. The van der Waals surface area contributed by atoms with Crippen molar-refractivity contribution in [2.24, 2.45) is 52.3 Å². The second-order valence-corrected chi connectivity index (χ2v) is 12.8. The minimum atomic E-state index is -0.398. The van der Waals surface area contributed by atoms with E-state index in [0.29, 0.717) is 23.7 Å². The summed E-state index contributed by atoms with van der Waals surface area (Å²) in [5, 5.41) is 11.1. The molecule has 0 aromatic heterocycles. The van der Waals surface area contributed by atoms with Gasteiger partial charge in [0.2, 0.25) is 0 Å². The van der Waals surface area contributed by atoms with Crippen LogP contribution >= 0.6 is 0 Å². The van der Waals surface area contributed by atoms with Crippen molar-refractivity contribution in [3.05, 3.63) is 11.6 Å². The van der Waals surface area contributed by atoms with Gasteiger partial charge in [-0.3, -0.25) is 4.79 Å². The largest absolute Gasteiger partial charge is 0.389 e. The maximum absolute atomic E-state index is 12.1. The van der Waals surface area contributed by atoms with Gasteiger partial charge in [0.05, 0.1) is 6.10 Å². The lowest BCUT2D eigenvalue weighted by Crippen LogP contribution is -2.54. The molecule has 0 aliphatic heterocycles. The molecule has 4 aliphatic carbocycles. The Bertz CT molecular complexity index is 708. The summed E-state index contributed by atoms with van der Waals surface area (Å²) in [5.74, 6) is 5.62. The topological polar surface area (TPSA) is 37.3 Å². The zero-order chi connectivity index (χ0) is 22.6. The normalized spacial score (nSPS) is 44.3. The summed E-state index contributed by atoms with van der Waals surface area (Å²) in [7, 11) is 0. The van der Waals surface area contributed by atoms with E-state index in [1.165, 1.54) is 44.9 Å². The molecular weight excluding hydrogens is 380 g/mol. The second kappa shape index (κ2) is 8.62. The molecule has 176 valence electrons. The van der Waals surface area contributed by atoms with Gasteiger partial charge in [-0.15, -0.1) is 0 Å². The Balaban J connectivity index is 1.51. The second-order valence-electron chi connectivity index (χ2n) is 12.8. The molecule has 0 bridgehead atoms. The van der Waals surface area contributed by atoms with Crippen molar-refractivity contribution >= 4 is 5.78 Å². The van der Waals surface area contributed by atoms with Crippen LogP contribution in [0.5, 0.6) is 0 Å². The Kier molecular flexibility index (Phi) is 6.54. The van der Waals surface area contributed by atoms with Gasteiger partial charge in [0.15, 0.2) is 5.78 Å². The van der Waals surface area contributed by atoms with E-state index in [4.69, 9.17) is 0 Å². The zero-order valence-corrected chi connectivity index (χ0v) is 21.1. The fraction of sp³-hybridized carbons (Fsp3) is 0.897. The fourth-order valence-corrected chi connectivity index (χ4v) is 9.27. The number of hydrogen-bond acceptors (Lipinski definition) is 2. The van der Waals surface area contributed by atoms with Crippen molar-refractivity contribution < 1.29 is 9.90 Å². The molecule has 0 saturated heterocycles. The molecule has 0 aromatic rings. The Morgan fingerprint density at radius 2 is 1.81 bits per heavy atom. The molecule has 0 radical (unpaired) electrons. The first kappa shape index (κ1) is 23.5. The molecule has 0 amide bonds. The lowest BCUT2D eigenvalue weighted by Gasteiger charge is -2.59. The predicted octanol–water partition coefficient (Wildman–Crippen LogP) is 7.20. The SMILES string of the molecule is CC[C@@H](CC[C@@H](C)[C@@H]1CC[C@@H]2[C@@H]3C[C@H](O)C4=CC(=O)CC[C@@]4(C)[C@H]3CC[C@@]21C)C(C)C. The third-order valence-electron chi connectivity index (χ3n) is 11.2. The quantitative estimate of drug-likeness (QED) is 0.485. The first-order valence-electron chi connectivity index (χ1n) is 13.5. The van der Waals surface area contributed by atoms with Gasteiger partial charge in [-0.05, 0) is 109 Å². The van der Waals surface area contributed by atoms with Crippen molar-refractivity contribution in [2.45, 2.75) is 112 Å². The molecule has 0 aromatic carbocycles. The van der Waals surface area contributed by atoms with Crippen molar-refractivity contribution in [3.8, 4) is 0 Å². The van der Waals surface area contributed by atoms with E-state index in [-0.39, 0.29) is 11.2 Å². The van der Waals surface area contributed by atoms with E-state index in [9.17, 15) is 9.90 Å². The van der Waals surface area contributed by atoms with Crippen molar-refractivity contribution in [1.29, 1.82) is 0 Å². The number of aliphatic hydroxyl groups excluding tert-OH is 1. The lowest BCUT2D eigenvalue weighted by atomic mass is 9.46. The smallest absolute Gasteiger partial charge is 0.155 e. The average molecular weight is 429 g/mol. The Morgan fingerprint density at radius 1 is 1.06 bits per heavy atom. The summed E-state index contributed by atoms with van der Waals surface area (Å²) in [6.07, 6.45) is 13.4. The molecule has 3 saturated carbocycles. The summed E-state index contributed by atoms with van der Waals surface area (Å²) in [4.78, 5) is 12.1. The van der Waals surface area contributed by atoms with E-state index in [2.05, 4.69) is 41.5 Å². The van der Waals surface area contributed by atoms with Gasteiger partial charge in [0, 0.05) is 6.42 Å². The number of rotatable bonds is 6. The van der Waals surface area contributed by atoms with Crippen LogP contribution in [0.15, 0.2) is 11.6 Å². The monoisotopic (exact) mass is 428 g/mol. The van der Waals surface area contributed by atoms with Crippen LogP contribution in [-0.4, -0.2) is 17.0 Å². The van der Waals surface area contributed by atoms with E-state index in [0.717, 1.165) is 48.0 Å². The maximum atomic E-state index is 12.1. The first-order chi connectivity index (χ1) is 14.6. The number of carbonyl (C=O) groups excluding carboxylic acids is 1. The zero-order valence-electron chi connectivity index (χ0n) is 21.1. The van der Waals surface area contributed by atoms with Gasteiger partial charge in [0.1, 0.15) is 0 Å². The minimum absolute atomic E-state index is 0.0485. The van der Waals surface area contributed by atoms with Crippen LogP contribution in [-0.2, 0) is 4.79 Å². The highest BCUT2D eigenvalue weighted by atomic mass is 16.3. The highest BCUT2D eigenvalue weighted by Gasteiger charge is 2.60. The third-order valence-corrected chi connectivity index (χ3v) is 11.2. The van der Waals surface area contributed by atoms with Gasteiger partial charge in [-0.2, -0.15) is 0 Å². The summed E-state index contributed by atoms with van der Waals surface area (Å²) in [5.41, 5.74) is 1.57. The summed E-state index contributed by atoms with van der Waals surface area (Å²) < 4.78 is 0. The van der Waals surface area contributed by atoms with Crippen LogP contribution in [0.25, 0.3) is 0 Å². The molecule has 0 heterocycles. The number of hydrogen-bond donors (Lipinski definition) is 1. The standard InChI is InChI=1S/C29H48O2/c1-7-20(18(2)3)9-8-19(4)23-10-11-24-22-17-27(31)26-16-21(30)12-14-29(26,6)25(22)13-15-28(23,24)5/h16,18-20,22-25,27,31H,7-15,17H2,1-6H3/t19-,20+,22+,23+,24-,25+,27+,28-,29+/m1/s1. The van der Waals surface area contributed by atoms with Crippen LogP contribution in [0, 0.1) is 52.3 Å². The van der Waals surface area contributed by atoms with Gasteiger partial charge in [-0.1, -0.05) is 54.4 Å². The van der Waals surface area contributed by atoms with Gasteiger partial charge in [-0.25, -0.2) is 0 Å². The Hall–Kier alpha value is -0.630. The van der Waals surface area contributed by atoms with Crippen LogP contribution in [0.2, 0.25) is 0 Å². The van der Waals surface area contributed by atoms with Gasteiger partial charge < -0.3 is 5.11 Å². The minimum Gasteiger partial charge on any atom is -0.389 e. The molecule has 0 unspecified atom stereocenters. The molecule has 31 heavy (non-hydrogen) atoms. The molecule has 0 spiro atoms. The highest BCUT2D eigenvalue weighted by molar-refractivity contribution is 5.91. The average Bonchev–Trinajstić information content (AvgIpc) is 3.07. The first-order valence-corrected chi connectivity index (χ1v) is 13.5. The van der Waals surface area contributed by atoms with Crippen molar-refractivity contribution in [2.75, 3.05) is 0 Å². The van der Waals surface area contributed by atoms with Gasteiger partial charge >= 0.3 is 0 Å². The number of aliphatic hydroxyl groups is 1. The van der Waals surface area contributed by atoms with E-state index in [1.807, 2.05) is 6.08 Å². The molecule has 2 nitrogen and oxygen atoms in total. The number of fused-ring (bicyclic) bond motifs is 5. The Labute approximate surface area is 191 Å². The lowest BCUT2D eigenvalue weighted by molar-refractivity contribution is -0.119. The third kappa shape index (κ3) is 3.87. The highest BCUT2D eigenvalue weighted by Crippen LogP contribution is 2.67. The molecule has 1 N–H and O–H groups in total. The number of carbonyl (C=O) groups is 1. The molecule has 2 heteroatoms. The fourth-order valence-electron chi connectivity index (χ4n) is 9.27. The van der Waals surface area contributed by atoms with Crippen molar-refractivity contribution in [1.82, 2.24) is 0 Å². The molecular formula is C29H48O2. The Morgan fingerprint density at radius 3 is 2.48 bits per heavy atom. The molecule has 9 atom stereocenters. The van der Waals surface area contributed by atoms with E-state index in [1.54, 1.807) is 0 Å². The van der Waals surface area contributed by atoms with Crippen molar-refractivity contribution in [3.63, 3.8) is 0 Å². The summed E-state index contributed by atoms with van der Waals surface area (Å²) in [6, 6.07) is 0. The molecule has 4 aliphatic rings. The van der Waals surface area contributed by atoms with Gasteiger partial charge in [0.25, 0.3) is 0 Å².